The predicted molar refractivity (Wildman–Crippen MR) is 104 cm³/mol. The number of rotatable bonds is 7. The van der Waals surface area contributed by atoms with E-state index < -0.39 is 5.54 Å². The Morgan fingerprint density at radius 2 is 1.81 bits per heavy atom. The Morgan fingerprint density at radius 1 is 1.11 bits per heavy atom. The summed E-state index contributed by atoms with van der Waals surface area (Å²) >= 11 is 0. The van der Waals surface area contributed by atoms with Crippen molar-refractivity contribution in [1.29, 1.82) is 0 Å². The fraction of sp³-hybridized carbons (Fsp3) is 0.364. The van der Waals surface area contributed by atoms with Crippen molar-refractivity contribution in [3.63, 3.8) is 0 Å². The van der Waals surface area contributed by atoms with Crippen LogP contribution in [0, 0.1) is 0 Å². The zero-order valence-corrected chi connectivity index (χ0v) is 15.9. The Labute approximate surface area is 160 Å². The zero-order chi connectivity index (χ0) is 19.3. The zero-order valence-electron chi connectivity index (χ0n) is 15.9. The van der Waals surface area contributed by atoms with Crippen LogP contribution in [0.2, 0.25) is 0 Å². The van der Waals surface area contributed by atoms with Crippen LogP contribution in [0.5, 0.6) is 5.75 Å². The number of carbonyl (C=O) groups is 2. The predicted octanol–water partition coefficient (Wildman–Crippen LogP) is 3.28. The van der Waals surface area contributed by atoms with Gasteiger partial charge in [-0.15, -0.1) is 0 Å². The Morgan fingerprint density at radius 3 is 2.48 bits per heavy atom. The Kier molecular flexibility index (Phi) is 5.79. The first-order chi connectivity index (χ1) is 13.0. The minimum Gasteiger partial charge on any atom is -0.494 e. The van der Waals surface area contributed by atoms with Crippen LogP contribution in [0.1, 0.15) is 37.8 Å². The molecule has 5 nitrogen and oxygen atoms in total. The summed E-state index contributed by atoms with van der Waals surface area (Å²) in [7, 11) is 0. The lowest BCUT2D eigenvalue weighted by Crippen LogP contribution is -2.53. The molecule has 0 unspecified atom stereocenters. The maximum absolute atomic E-state index is 12.9. The van der Waals surface area contributed by atoms with Crippen LogP contribution >= 0.6 is 0 Å². The van der Waals surface area contributed by atoms with Gasteiger partial charge in [0, 0.05) is 19.5 Å². The molecule has 1 aliphatic heterocycles. The minimum absolute atomic E-state index is 0.0150. The average Bonchev–Trinajstić information content (AvgIpc) is 2.98. The molecule has 1 saturated heterocycles. The summed E-state index contributed by atoms with van der Waals surface area (Å²) in [5, 5.41) is 2.99. The molecule has 0 aliphatic carbocycles. The fourth-order valence-electron chi connectivity index (χ4n) is 3.40. The van der Waals surface area contributed by atoms with Crippen LogP contribution in [0.3, 0.4) is 0 Å². The molecule has 142 valence electrons. The maximum atomic E-state index is 12.9. The van der Waals surface area contributed by atoms with E-state index in [9.17, 15) is 9.59 Å². The van der Waals surface area contributed by atoms with E-state index >= 15 is 0 Å². The van der Waals surface area contributed by atoms with Crippen molar-refractivity contribution < 1.29 is 14.3 Å². The molecule has 1 fully saturated rings. The van der Waals surface area contributed by atoms with Gasteiger partial charge in [-0.25, -0.2) is 0 Å². The third-order valence-electron chi connectivity index (χ3n) is 5.08. The molecule has 2 aromatic carbocycles. The van der Waals surface area contributed by atoms with E-state index in [0.717, 1.165) is 16.9 Å². The van der Waals surface area contributed by atoms with Crippen molar-refractivity contribution in [2.24, 2.45) is 0 Å². The molecule has 0 radical (unpaired) electrons. The number of nitrogens with one attached hydrogen (secondary N) is 1. The summed E-state index contributed by atoms with van der Waals surface area (Å²) in [5.74, 6) is 0.710. The minimum atomic E-state index is -0.829. The van der Waals surface area contributed by atoms with Crippen LogP contribution in [0.4, 0.5) is 0 Å². The third kappa shape index (κ3) is 4.30. The molecule has 1 atom stereocenters. The van der Waals surface area contributed by atoms with Gasteiger partial charge in [0.05, 0.1) is 6.61 Å². The summed E-state index contributed by atoms with van der Waals surface area (Å²) < 4.78 is 5.46. The van der Waals surface area contributed by atoms with Crippen molar-refractivity contribution in [2.75, 3.05) is 6.61 Å². The van der Waals surface area contributed by atoms with E-state index in [0.29, 0.717) is 32.5 Å². The van der Waals surface area contributed by atoms with E-state index in [4.69, 9.17) is 4.74 Å². The summed E-state index contributed by atoms with van der Waals surface area (Å²) in [6.07, 6.45) is 0.926. The van der Waals surface area contributed by atoms with Crippen molar-refractivity contribution in [1.82, 2.24) is 10.2 Å². The summed E-state index contributed by atoms with van der Waals surface area (Å²) in [4.78, 5) is 27.1. The molecular weight excluding hydrogens is 340 g/mol. The van der Waals surface area contributed by atoms with Crippen molar-refractivity contribution >= 4 is 11.8 Å². The molecular formula is C22H26N2O3. The normalized spacial score (nSPS) is 19.2. The van der Waals surface area contributed by atoms with Gasteiger partial charge in [-0.2, -0.15) is 0 Å². The third-order valence-corrected chi connectivity index (χ3v) is 5.08. The standard InChI is InChI=1S/C22H26N2O3/c1-3-27-19-11-9-18(10-12-19)16-24-20(25)13-14-22(24,2)21(26)23-15-17-7-5-4-6-8-17/h4-12H,3,13-16H2,1-2H3,(H,23,26)/t22-/m1/s1. The molecule has 1 aliphatic rings. The molecule has 3 rings (SSSR count). The number of ether oxygens (including phenoxy) is 1. The average molecular weight is 366 g/mol. The maximum Gasteiger partial charge on any atom is 0.245 e. The van der Waals surface area contributed by atoms with E-state index in [1.807, 2.05) is 68.4 Å². The van der Waals surface area contributed by atoms with Gasteiger partial charge in [-0.1, -0.05) is 42.5 Å². The van der Waals surface area contributed by atoms with Crippen molar-refractivity contribution in [3.05, 3.63) is 65.7 Å². The molecule has 2 aromatic rings. The number of carbonyl (C=O) groups excluding carboxylic acids is 2. The van der Waals surface area contributed by atoms with Gasteiger partial charge in [-0.3, -0.25) is 9.59 Å². The first-order valence-corrected chi connectivity index (χ1v) is 9.37. The lowest BCUT2D eigenvalue weighted by molar-refractivity contribution is -0.141. The Hall–Kier alpha value is -2.82. The molecule has 0 spiro atoms. The van der Waals surface area contributed by atoms with Gasteiger partial charge in [-0.05, 0) is 43.5 Å². The molecule has 5 heteroatoms. The van der Waals surface area contributed by atoms with E-state index in [2.05, 4.69) is 5.32 Å². The number of benzene rings is 2. The molecule has 0 bridgehead atoms. The van der Waals surface area contributed by atoms with Gasteiger partial charge in [0.2, 0.25) is 11.8 Å². The number of likely N-dealkylation sites (tertiary alicyclic amines) is 1. The molecule has 0 saturated carbocycles. The largest absolute Gasteiger partial charge is 0.494 e. The SMILES string of the molecule is CCOc1ccc(CN2C(=O)CC[C@]2(C)C(=O)NCc2ccccc2)cc1. The van der Waals surface area contributed by atoms with Gasteiger partial charge in [0.25, 0.3) is 0 Å². The summed E-state index contributed by atoms with van der Waals surface area (Å²) in [5.41, 5.74) is 1.19. The number of nitrogens with zero attached hydrogens (tertiary/aromatic N) is 1. The highest BCUT2D eigenvalue weighted by atomic mass is 16.5. The van der Waals surface area contributed by atoms with Crippen molar-refractivity contribution in [2.45, 2.75) is 45.3 Å². The molecule has 0 aromatic heterocycles. The summed E-state index contributed by atoms with van der Waals surface area (Å²) in [6, 6.07) is 17.5. The first-order valence-electron chi connectivity index (χ1n) is 9.37. The lowest BCUT2D eigenvalue weighted by Gasteiger charge is -2.34. The second-order valence-corrected chi connectivity index (χ2v) is 7.00. The highest BCUT2D eigenvalue weighted by Crippen LogP contribution is 2.32. The van der Waals surface area contributed by atoms with Crippen LogP contribution in [0.25, 0.3) is 0 Å². The van der Waals surface area contributed by atoms with Crippen molar-refractivity contribution in [3.8, 4) is 5.75 Å². The second kappa shape index (κ2) is 8.25. The van der Waals surface area contributed by atoms with E-state index in [1.165, 1.54) is 0 Å². The molecule has 2 amide bonds. The topological polar surface area (TPSA) is 58.6 Å². The van der Waals surface area contributed by atoms with E-state index in [1.54, 1.807) is 4.90 Å². The number of hydrogen-bond acceptors (Lipinski definition) is 3. The molecule has 1 N–H and O–H groups in total. The van der Waals surface area contributed by atoms with Crippen LogP contribution in [-0.2, 0) is 22.7 Å². The highest BCUT2D eigenvalue weighted by molar-refractivity contribution is 5.94. The van der Waals surface area contributed by atoms with Gasteiger partial charge < -0.3 is 15.0 Å². The highest BCUT2D eigenvalue weighted by Gasteiger charge is 2.46. The van der Waals surface area contributed by atoms with Gasteiger partial charge in [0.15, 0.2) is 0 Å². The fourth-order valence-corrected chi connectivity index (χ4v) is 3.40. The van der Waals surface area contributed by atoms with Crippen LogP contribution in [-0.4, -0.2) is 28.9 Å². The summed E-state index contributed by atoms with van der Waals surface area (Å²) in [6.45, 7) is 5.29. The monoisotopic (exact) mass is 366 g/mol. The second-order valence-electron chi connectivity index (χ2n) is 7.00. The van der Waals surface area contributed by atoms with Gasteiger partial charge >= 0.3 is 0 Å². The smallest absolute Gasteiger partial charge is 0.245 e. The molecule has 1 heterocycles. The van der Waals surface area contributed by atoms with Gasteiger partial charge in [0.1, 0.15) is 11.3 Å². The quantitative estimate of drug-likeness (QED) is 0.818. The van der Waals surface area contributed by atoms with Crippen LogP contribution in [0.15, 0.2) is 54.6 Å². The number of amides is 2. The first kappa shape index (κ1) is 19.0. The Balaban J connectivity index is 1.69. The molecule has 27 heavy (non-hydrogen) atoms. The Bertz CT molecular complexity index is 789. The van der Waals surface area contributed by atoms with E-state index in [-0.39, 0.29) is 11.8 Å². The lowest BCUT2D eigenvalue weighted by atomic mass is 9.97. The number of hydrogen-bond donors (Lipinski definition) is 1. The van der Waals surface area contributed by atoms with Crippen LogP contribution < -0.4 is 10.1 Å².